The van der Waals surface area contributed by atoms with Crippen molar-refractivity contribution in [3.05, 3.63) is 64.9 Å². The first-order valence-corrected chi connectivity index (χ1v) is 8.57. The molecule has 0 saturated carbocycles. The van der Waals surface area contributed by atoms with E-state index in [9.17, 15) is 9.59 Å². The number of benzene rings is 1. The average molecular weight is 358 g/mol. The van der Waals surface area contributed by atoms with E-state index in [0.717, 1.165) is 11.1 Å². The number of aryl methyl sites for hydroxylation is 1. The van der Waals surface area contributed by atoms with Crippen LogP contribution < -0.4 is 5.73 Å². The highest BCUT2D eigenvalue weighted by atomic mass is 35.5. The first-order chi connectivity index (χ1) is 12.0. The summed E-state index contributed by atoms with van der Waals surface area (Å²) in [6.45, 7) is 0.750. The fraction of sp³-hybridized carbons (Fsp3) is 0.316. The van der Waals surface area contributed by atoms with Crippen LogP contribution in [0.2, 0.25) is 5.02 Å². The minimum atomic E-state index is -0.680. The Morgan fingerprint density at radius 1 is 1.08 bits per heavy atom. The minimum absolute atomic E-state index is 0.0461. The molecular weight excluding hydrogens is 338 g/mol. The zero-order valence-electron chi connectivity index (χ0n) is 13.8. The van der Waals surface area contributed by atoms with E-state index in [0.29, 0.717) is 37.4 Å². The first-order valence-electron chi connectivity index (χ1n) is 8.20. The Morgan fingerprint density at radius 2 is 1.72 bits per heavy atom. The summed E-state index contributed by atoms with van der Waals surface area (Å²) in [6, 6.07) is 11.2. The van der Waals surface area contributed by atoms with E-state index in [-0.39, 0.29) is 11.8 Å². The van der Waals surface area contributed by atoms with Crippen molar-refractivity contribution in [3.8, 4) is 0 Å². The predicted molar refractivity (Wildman–Crippen MR) is 95.9 cm³/mol. The third-order valence-electron chi connectivity index (χ3n) is 4.70. The Morgan fingerprint density at radius 3 is 2.32 bits per heavy atom. The molecule has 5 nitrogen and oxygen atoms in total. The van der Waals surface area contributed by atoms with Crippen molar-refractivity contribution < 1.29 is 9.59 Å². The standard InChI is InChI=1S/C19H20ClN3O2/c20-16-4-1-15(2-5-16)11-19(18(21)25)12-23(13-19)17(24)6-3-14-7-9-22-10-8-14/h1-2,4-5,7-10H,3,6,11-13H2,(H2,21,25). The Balaban J connectivity index is 1.57. The van der Waals surface area contributed by atoms with Crippen LogP contribution >= 0.6 is 11.6 Å². The van der Waals surface area contributed by atoms with Gasteiger partial charge in [0.25, 0.3) is 0 Å². The van der Waals surface area contributed by atoms with Crippen molar-refractivity contribution in [1.82, 2.24) is 9.88 Å². The summed E-state index contributed by atoms with van der Waals surface area (Å²) in [5.74, 6) is -0.314. The number of likely N-dealkylation sites (tertiary alicyclic amines) is 1. The fourth-order valence-corrected chi connectivity index (χ4v) is 3.29. The summed E-state index contributed by atoms with van der Waals surface area (Å²) in [7, 11) is 0. The molecule has 0 radical (unpaired) electrons. The summed E-state index contributed by atoms with van der Waals surface area (Å²) in [4.78, 5) is 30.0. The number of halogens is 1. The van der Waals surface area contributed by atoms with E-state index in [1.807, 2.05) is 24.3 Å². The summed E-state index contributed by atoms with van der Waals surface area (Å²) in [5, 5.41) is 0.651. The molecule has 0 spiro atoms. The molecule has 1 aliphatic heterocycles. The van der Waals surface area contributed by atoms with Crippen LogP contribution in [-0.4, -0.2) is 34.8 Å². The minimum Gasteiger partial charge on any atom is -0.369 e. The molecule has 0 atom stereocenters. The number of hydrogen-bond acceptors (Lipinski definition) is 3. The maximum absolute atomic E-state index is 12.3. The fourth-order valence-electron chi connectivity index (χ4n) is 3.17. The molecule has 1 aliphatic rings. The van der Waals surface area contributed by atoms with Gasteiger partial charge in [-0.1, -0.05) is 23.7 Å². The number of carbonyl (C=O) groups excluding carboxylic acids is 2. The molecule has 2 N–H and O–H groups in total. The molecule has 6 heteroatoms. The van der Waals surface area contributed by atoms with Gasteiger partial charge in [-0.25, -0.2) is 0 Å². The van der Waals surface area contributed by atoms with Gasteiger partial charge in [0.2, 0.25) is 11.8 Å². The van der Waals surface area contributed by atoms with Crippen LogP contribution in [0.1, 0.15) is 17.5 Å². The lowest BCUT2D eigenvalue weighted by molar-refractivity contribution is -0.151. The van der Waals surface area contributed by atoms with Crippen molar-refractivity contribution >= 4 is 23.4 Å². The van der Waals surface area contributed by atoms with E-state index >= 15 is 0 Å². The van der Waals surface area contributed by atoms with Gasteiger partial charge in [0.1, 0.15) is 0 Å². The van der Waals surface area contributed by atoms with Crippen LogP contribution in [0.4, 0.5) is 0 Å². The number of hydrogen-bond donors (Lipinski definition) is 1. The van der Waals surface area contributed by atoms with Gasteiger partial charge in [-0.3, -0.25) is 14.6 Å². The molecule has 3 rings (SSSR count). The van der Waals surface area contributed by atoms with Crippen LogP contribution in [-0.2, 0) is 22.4 Å². The number of nitrogens with zero attached hydrogens (tertiary/aromatic N) is 2. The lowest BCUT2D eigenvalue weighted by Crippen LogP contribution is -2.64. The summed E-state index contributed by atoms with van der Waals surface area (Å²) >= 11 is 5.89. The third kappa shape index (κ3) is 3.99. The van der Waals surface area contributed by atoms with E-state index < -0.39 is 5.41 Å². The Bertz CT molecular complexity index is 756. The van der Waals surface area contributed by atoms with Gasteiger partial charge in [-0.15, -0.1) is 0 Å². The molecular formula is C19H20ClN3O2. The molecule has 1 fully saturated rings. The third-order valence-corrected chi connectivity index (χ3v) is 4.95. The lowest BCUT2D eigenvalue weighted by Gasteiger charge is -2.48. The number of aromatic nitrogens is 1. The number of amides is 2. The molecule has 25 heavy (non-hydrogen) atoms. The van der Waals surface area contributed by atoms with Gasteiger partial charge in [0.15, 0.2) is 0 Å². The Hall–Kier alpha value is -2.40. The Kier molecular flexibility index (Phi) is 5.04. The van der Waals surface area contributed by atoms with Crippen molar-refractivity contribution in [2.24, 2.45) is 11.1 Å². The first kappa shape index (κ1) is 17.4. The quantitative estimate of drug-likeness (QED) is 0.861. The van der Waals surface area contributed by atoms with Crippen LogP contribution in [0.5, 0.6) is 0 Å². The molecule has 2 aromatic rings. The maximum atomic E-state index is 12.3. The molecule has 0 aliphatic carbocycles. The van der Waals surface area contributed by atoms with E-state index in [1.165, 1.54) is 0 Å². The predicted octanol–water partition coefficient (Wildman–Crippen LogP) is 2.22. The molecule has 2 amide bonds. The summed E-state index contributed by atoms with van der Waals surface area (Å²) < 4.78 is 0. The lowest BCUT2D eigenvalue weighted by atomic mass is 9.74. The second-order valence-corrected chi connectivity index (χ2v) is 6.99. The van der Waals surface area contributed by atoms with Crippen LogP contribution in [0.3, 0.4) is 0 Å². The normalized spacial score (nSPS) is 15.5. The highest BCUT2D eigenvalue weighted by Crippen LogP contribution is 2.34. The SMILES string of the molecule is NC(=O)C1(Cc2ccc(Cl)cc2)CN(C(=O)CCc2ccncc2)C1. The van der Waals surface area contributed by atoms with E-state index in [1.54, 1.807) is 29.4 Å². The number of primary amides is 1. The molecule has 1 saturated heterocycles. The summed E-state index contributed by atoms with van der Waals surface area (Å²) in [5.41, 5.74) is 7.02. The molecule has 0 unspecified atom stereocenters. The number of carbonyl (C=O) groups is 2. The van der Waals surface area contributed by atoms with Gasteiger partial charge >= 0.3 is 0 Å². The Labute approximate surface area is 151 Å². The monoisotopic (exact) mass is 357 g/mol. The zero-order valence-corrected chi connectivity index (χ0v) is 14.6. The summed E-state index contributed by atoms with van der Waals surface area (Å²) in [6.07, 6.45) is 5.04. The highest BCUT2D eigenvalue weighted by molar-refractivity contribution is 6.30. The van der Waals surface area contributed by atoms with Crippen molar-refractivity contribution in [3.63, 3.8) is 0 Å². The topological polar surface area (TPSA) is 76.3 Å². The smallest absolute Gasteiger partial charge is 0.227 e. The van der Waals surface area contributed by atoms with Crippen LogP contribution in [0, 0.1) is 5.41 Å². The molecule has 1 aromatic carbocycles. The largest absolute Gasteiger partial charge is 0.369 e. The van der Waals surface area contributed by atoms with Gasteiger partial charge in [-0.05, 0) is 48.2 Å². The maximum Gasteiger partial charge on any atom is 0.227 e. The highest BCUT2D eigenvalue weighted by Gasteiger charge is 2.49. The van der Waals surface area contributed by atoms with Crippen molar-refractivity contribution in [1.29, 1.82) is 0 Å². The van der Waals surface area contributed by atoms with Crippen molar-refractivity contribution in [2.45, 2.75) is 19.3 Å². The second-order valence-electron chi connectivity index (χ2n) is 6.55. The number of nitrogens with two attached hydrogens (primary N) is 1. The average Bonchev–Trinajstić information content (AvgIpc) is 2.58. The van der Waals surface area contributed by atoms with E-state index in [4.69, 9.17) is 17.3 Å². The molecule has 2 heterocycles. The van der Waals surface area contributed by atoms with Gasteiger partial charge < -0.3 is 10.6 Å². The zero-order chi connectivity index (χ0) is 17.9. The van der Waals surface area contributed by atoms with Gasteiger partial charge in [0, 0.05) is 36.9 Å². The van der Waals surface area contributed by atoms with Crippen LogP contribution in [0.15, 0.2) is 48.8 Å². The second kappa shape index (κ2) is 7.23. The van der Waals surface area contributed by atoms with Gasteiger partial charge in [-0.2, -0.15) is 0 Å². The van der Waals surface area contributed by atoms with E-state index in [2.05, 4.69) is 4.98 Å². The number of pyridine rings is 1. The van der Waals surface area contributed by atoms with Gasteiger partial charge in [0.05, 0.1) is 5.41 Å². The molecule has 0 bridgehead atoms. The van der Waals surface area contributed by atoms with Crippen LogP contribution in [0.25, 0.3) is 0 Å². The molecule has 1 aromatic heterocycles. The van der Waals surface area contributed by atoms with Crippen molar-refractivity contribution in [2.75, 3.05) is 13.1 Å². The molecule has 130 valence electrons. The number of rotatable bonds is 6.